The van der Waals surface area contributed by atoms with Crippen molar-refractivity contribution >= 4 is 63.6 Å². The summed E-state index contributed by atoms with van der Waals surface area (Å²) in [6.07, 6.45) is 8.33. The van der Waals surface area contributed by atoms with Gasteiger partial charge in [-0.15, -0.1) is 11.3 Å². The first-order valence-corrected chi connectivity index (χ1v) is 19.3. The molecule has 2 N–H and O–H groups in total. The van der Waals surface area contributed by atoms with Crippen LogP contribution in [0.25, 0.3) is 90.9 Å². The average molecular weight is 740 g/mol. The van der Waals surface area contributed by atoms with E-state index in [9.17, 15) is 4.79 Å². The summed E-state index contributed by atoms with van der Waals surface area (Å²) in [5, 5.41) is 1.92. The van der Waals surface area contributed by atoms with E-state index in [2.05, 4.69) is 132 Å². The van der Waals surface area contributed by atoms with Crippen molar-refractivity contribution in [2.75, 3.05) is 5.43 Å². The summed E-state index contributed by atoms with van der Waals surface area (Å²) >= 11 is 1.41. The summed E-state index contributed by atoms with van der Waals surface area (Å²) in [4.78, 5) is 29.3. The molecule has 0 saturated heterocycles. The molecule has 2 aliphatic heterocycles. The van der Waals surface area contributed by atoms with Crippen LogP contribution in [0.2, 0.25) is 0 Å². The van der Waals surface area contributed by atoms with Gasteiger partial charge in [0.15, 0.2) is 0 Å². The van der Waals surface area contributed by atoms with Crippen molar-refractivity contribution in [3.63, 3.8) is 0 Å². The Bertz CT molecular complexity index is 2800. The molecule has 0 aliphatic carbocycles. The molecule has 0 unspecified atom stereocenters. The Kier molecular flexibility index (Phi) is 8.39. The maximum Gasteiger partial charge on any atom is 0.280 e. The van der Waals surface area contributed by atoms with Crippen LogP contribution in [0, 0.1) is 0 Å². The monoisotopic (exact) mass is 739 g/mol. The van der Waals surface area contributed by atoms with E-state index in [0.717, 1.165) is 89.4 Å². The van der Waals surface area contributed by atoms with Crippen LogP contribution in [0.1, 0.15) is 32.4 Å². The standard InChI is InChI=1S/C49H33N5OS/c55-49(44-22-13-31-56-44)53-54-42-29-30-43(54)48(35-20-11-4-12-21-35)41-28-26-39(52-41)46(33-16-7-2-8-17-33)37-24-23-36(50-37)45(32-14-5-1-6-15-32)38-25-27-40(51-38)47(42)34-18-9-3-10-19-34/h1-31,50H,(H,53,55). The molecule has 8 aromatic rings. The third-order valence-corrected chi connectivity index (χ3v) is 11.0. The molecule has 56 heavy (non-hydrogen) atoms. The smallest absolute Gasteiger partial charge is 0.280 e. The molecule has 10 rings (SSSR count). The second-order valence-corrected chi connectivity index (χ2v) is 14.5. The molecule has 0 fully saturated rings. The van der Waals surface area contributed by atoms with Crippen molar-refractivity contribution in [3.8, 4) is 44.5 Å². The van der Waals surface area contributed by atoms with Gasteiger partial charge in [0.25, 0.3) is 5.91 Å². The van der Waals surface area contributed by atoms with E-state index < -0.39 is 0 Å². The van der Waals surface area contributed by atoms with Crippen LogP contribution in [0.4, 0.5) is 0 Å². The largest absolute Gasteiger partial charge is 0.354 e. The van der Waals surface area contributed by atoms with Gasteiger partial charge in [0.05, 0.1) is 38.7 Å². The highest BCUT2D eigenvalue weighted by Gasteiger charge is 2.22. The van der Waals surface area contributed by atoms with Gasteiger partial charge >= 0.3 is 0 Å². The first kappa shape index (κ1) is 33.2. The van der Waals surface area contributed by atoms with Crippen molar-refractivity contribution in [1.29, 1.82) is 0 Å². The lowest BCUT2D eigenvalue weighted by atomic mass is 10.0. The molecular weight excluding hydrogens is 707 g/mol. The van der Waals surface area contributed by atoms with Crippen molar-refractivity contribution in [2.45, 2.75) is 0 Å². The summed E-state index contributed by atoms with van der Waals surface area (Å²) < 4.78 is 1.92. The lowest BCUT2D eigenvalue weighted by molar-refractivity contribution is 0.101. The Labute approximate surface area is 327 Å². The molecule has 266 valence electrons. The summed E-state index contributed by atoms with van der Waals surface area (Å²) in [6, 6.07) is 53.4. The number of hydrogen-bond donors (Lipinski definition) is 2. The number of nitrogens with zero attached hydrogens (tertiary/aromatic N) is 3. The Morgan fingerprint density at radius 1 is 0.464 bits per heavy atom. The predicted molar refractivity (Wildman–Crippen MR) is 232 cm³/mol. The maximum absolute atomic E-state index is 14.1. The summed E-state index contributed by atoms with van der Waals surface area (Å²) in [6.45, 7) is 0. The third kappa shape index (κ3) is 5.97. The quantitative estimate of drug-likeness (QED) is 0.178. The lowest BCUT2D eigenvalue weighted by Crippen LogP contribution is -2.22. The third-order valence-electron chi connectivity index (χ3n) is 10.1. The van der Waals surface area contributed by atoms with Gasteiger partial charge in [-0.25, -0.2) is 9.97 Å². The molecule has 0 radical (unpaired) electrons. The summed E-state index contributed by atoms with van der Waals surface area (Å²) in [5.74, 6) is -0.207. The molecule has 0 atom stereocenters. The number of carbonyl (C=O) groups excluding carboxylic acids is 1. The molecular formula is C49H33N5OS. The number of aromatic nitrogens is 4. The van der Waals surface area contributed by atoms with Crippen molar-refractivity contribution in [3.05, 3.63) is 191 Å². The number of fused-ring (bicyclic) bond motifs is 8. The number of nitrogens with one attached hydrogen (secondary N) is 2. The lowest BCUT2D eigenvalue weighted by Gasteiger charge is -2.14. The van der Waals surface area contributed by atoms with Crippen LogP contribution in [-0.4, -0.2) is 25.5 Å². The van der Waals surface area contributed by atoms with Gasteiger partial charge in [-0.1, -0.05) is 127 Å². The van der Waals surface area contributed by atoms with Gasteiger partial charge in [-0.05, 0) is 82.3 Å². The van der Waals surface area contributed by atoms with Gasteiger partial charge in [0, 0.05) is 33.3 Å². The Balaban J connectivity index is 1.42. The molecule has 4 aromatic heterocycles. The second kappa shape index (κ2) is 14.1. The second-order valence-electron chi connectivity index (χ2n) is 13.5. The highest BCUT2D eigenvalue weighted by atomic mass is 32.1. The maximum atomic E-state index is 14.1. The van der Waals surface area contributed by atoms with E-state index in [1.54, 1.807) is 0 Å². The van der Waals surface area contributed by atoms with Crippen LogP contribution in [0.3, 0.4) is 0 Å². The van der Waals surface area contributed by atoms with Gasteiger partial charge in [-0.3, -0.25) is 14.9 Å². The molecule has 4 aromatic carbocycles. The van der Waals surface area contributed by atoms with E-state index in [1.165, 1.54) is 11.3 Å². The van der Waals surface area contributed by atoms with Crippen LogP contribution in [0.15, 0.2) is 163 Å². The van der Waals surface area contributed by atoms with E-state index >= 15 is 0 Å². The average Bonchev–Trinajstić information content (AvgIpc) is 4.11. The van der Waals surface area contributed by atoms with Crippen LogP contribution in [0.5, 0.6) is 0 Å². The SMILES string of the molecule is O=C(Nn1c2ccc1c(-c1ccccc1)c1nc(c(-c3ccccc3)c3ccc([nH]3)c(-c3ccccc3)c3nc(c2-c2ccccc2)C=C3)C=C1)c1cccs1. The predicted octanol–water partition coefficient (Wildman–Crippen LogP) is 12.2. The zero-order chi connectivity index (χ0) is 37.4. The highest BCUT2D eigenvalue weighted by molar-refractivity contribution is 7.12. The number of H-pyrrole nitrogens is 1. The molecule has 8 bridgehead atoms. The van der Waals surface area contributed by atoms with E-state index in [1.807, 2.05) is 70.7 Å². The Hall–Kier alpha value is -7.35. The molecule has 2 aliphatic rings. The normalized spacial score (nSPS) is 11.9. The van der Waals surface area contributed by atoms with Crippen LogP contribution < -0.4 is 5.43 Å². The number of amides is 1. The van der Waals surface area contributed by atoms with E-state index in [0.29, 0.717) is 4.88 Å². The number of aromatic amines is 1. The van der Waals surface area contributed by atoms with E-state index in [4.69, 9.17) is 9.97 Å². The topological polar surface area (TPSA) is 75.6 Å². The molecule has 0 spiro atoms. The molecule has 1 amide bonds. The Morgan fingerprint density at radius 2 is 0.857 bits per heavy atom. The van der Waals surface area contributed by atoms with Crippen molar-refractivity contribution in [2.24, 2.45) is 0 Å². The number of carbonyl (C=O) groups is 1. The van der Waals surface area contributed by atoms with Crippen molar-refractivity contribution < 1.29 is 4.79 Å². The van der Waals surface area contributed by atoms with Crippen molar-refractivity contribution in [1.82, 2.24) is 19.6 Å². The molecule has 0 saturated carbocycles. The van der Waals surface area contributed by atoms with Gasteiger partial charge in [0.2, 0.25) is 0 Å². The minimum Gasteiger partial charge on any atom is -0.354 e. The minimum absolute atomic E-state index is 0.207. The number of rotatable bonds is 6. The summed E-state index contributed by atoms with van der Waals surface area (Å²) in [7, 11) is 0. The highest BCUT2D eigenvalue weighted by Crippen LogP contribution is 2.39. The van der Waals surface area contributed by atoms with E-state index in [-0.39, 0.29) is 5.91 Å². The number of hydrogen-bond acceptors (Lipinski definition) is 4. The molecule has 6 heterocycles. The number of benzene rings is 4. The van der Waals surface area contributed by atoms with Gasteiger partial charge in [-0.2, -0.15) is 0 Å². The summed E-state index contributed by atoms with van der Waals surface area (Å²) in [5.41, 5.74) is 17.7. The van der Waals surface area contributed by atoms with Gasteiger partial charge < -0.3 is 4.98 Å². The first-order chi connectivity index (χ1) is 27.7. The van der Waals surface area contributed by atoms with Gasteiger partial charge in [0.1, 0.15) is 0 Å². The minimum atomic E-state index is -0.207. The zero-order valence-corrected chi connectivity index (χ0v) is 30.9. The fourth-order valence-electron chi connectivity index (χ4n) is 7.64. The fourth-order valence-corrected chi connectivity index (χ4v) is 8.25. The Morgan fingerprint density at radius 3 is 1.25 bits per heavy atom. The van der Waals surface area contributed by atoms with Crippen LogP contribution >= 0.6 is 11.3 Å². The molecule has 7 heteroatoms. The number of thiophene rings is 1. The fraction of sp³-hybridized carbons (Fsp3) is 0. The first-order valence-electron chi connectivity index (χ1n) is 18.5. The zero-order valence-electron chi connectivity index (χ0n) is 30.1. The molecule has 6 nitrogen and oxygen atoms in total. The van der Waals surface area contributed by atoms with Crippen LogP contribution in [-0.2, 0) is 0 Å².